The molecule has 0 aliphatic heterocycles. The van der Waals surface area contributed by atoms with Crippen molar-refractivity contribution in [1.82, 2.24) is 0 Å². The zero-order valence-corrected chi connectivity index (χ0v) is 11.2. The van der Waals surface area contributed by atoms with Crippen molar-refractivity contribution in [3.8, 4) is 0 Å². The highest BCUT2D eigenvalue weighted by Crippen LogP contribution is 2.08. The van der Waals surface area contributed by atoms with Gasteiger partial charge >= 0.3 is 0 Å². The van der Waals surface area contributed by atoms with Crippen LogP contribution in [0.15, 0.2) is 0 Å². The number of unbranched alkanes of at least 4 members (excludes halogenated alkanes) is 6. The molecule has 0 aromatic rings. The topological polar surface area (TPSA) is 29.5 Å². The van der Waals surface area contributed by atoms with Crippen LogP contribution in [0, 0.1) is 0 Å². The van der Waals surface area contributed by atoms with Crippen molar-refractivity contribution in [2.75, 3.05) is 13.2 Å². The summed E-state index contributed by atoms with van der Waals surface area (Å²) in [6.45, 7) is 5.70. The number of rotatable bonds is 12. The molecule has 1 N–H and O–H groups in total. The Labute approximate surface area is 101 Å². The summed E-state index contributed by atoms with van der Waals surface area (Å²) in [7, 11) is 0. The maximum Gasteiger partial charge on any atom is 0.0773 e. The van der Waals surface area contributed by atoms with Crippen molar-refractivity contribution in [2.45, 2.75) is 77.7 Å². The van der Waals surface area contributed by atoms with Crippen LogP contribution in [-0.2, 0) is 4.74 Å². The first-order valence-electron chi connectivity index (χ1n) is 7.07. The monoisotopic (exact) mass is 230 g/mol. The molecule has 0 saturated heterocycles. The lowest BCUT2D eigenvalue weighted by Gasteiger charge is -2.10. The van der Waals surface area contributed by atoms with Gasteiger partial charge in [-0.05, 0) is 12.8 Å². The Morgan fingerprint density at radius 3 is 2.19 bits per heavy atom. The van der Waals surface area contributed by atoms with Crippen LogP contribution >= 0.6 is 0 Å². The van der Waals surface area contributed by atoms with E-state index in [1.54, 1.807) is 0 Å². The molecule has 2 heteroatoms. The highest BCUT2D eigenvalue weighted by Gasteiger charge is 2.03. The van der Waals surface area contributed by atoms with Gasteiger partial charge in [-0.25, -0.2) is 0 Å². The van der Waals surface area contributed by atoms with Gasteiger partial charge in [0.05, 0.1) is 12.7 Å². The molecule has 0 aromatic heterocycles. The van der Waals surface area contributed by atoms with Gasteiger partial charge in [-0.1, -0.05) is 58.8 Å². The molecule has 0 aromatic carbocycles. The minimum absolute atomic E-state index is 0.247. The van der Waals surface area contributed by atoms with Gasteiger partial charge in [-0.3, -0.25) is 0 Å². The quantitative estimate of drug-likeness (QED) is 0.515. The van der Waals surface area contributed by atoms with E-state index < -0.39 is 0 Å². The molecule has 0 bridgehead atoms. The fourth-order valence-electron chi connectivity index (χ4n) is 1.71. The third-order valence-corrected chi connectivity index (χ3v) is 2.84. The van der Waals surface area contributed by atoms with E-state index >= 15 is 0 Å². The van der Waals surface area contributed by atoms with Gasteiger partial charge in [-0.15, -0.1) is 0 Å². The van der Waals surface area contributed by atoms with Crippen LogP contribution in [-0.4, -0.2) is 24.4 Å². The number of aliphatic hydroxyl groups is 1. The third-order valence-electron chi connectivity index (χ3n) is 2.84. The minimum Gasteiger partial charge on any atom is -0.391 e. The van der Waals surface area contributed by atoms with E-state index in [0.29, 0.717) is 6.61 Å². The van der Waals surface area contributed by atoms with Gasteiger partial charge in [0.2, 0.25) is 0 Å². The second-order valence-electron chi connectivity index (χ2n) is 4.64. The molecule has 2 nitrogen and oxygen atoms in total. The number of hydrogen-bond acceptors (Lipinski definition) is 2. The van der Waals surface area contributed by atoms with Gasteiger partial charge in [-0.2, -0.15) is 0 Å². The second kappa shape index (κ2) is 13.0. The zero-order valence-electron chi connectivity index (χ0n) is 11.2. The molecule has 0 aliphatic rings. The van der Waals surface area contributed by atoms with Gasteiger partial charge < -0.3 is 9.84 Å². The Morgan fingerprint density at radius 2 is 1.50 bits per heavy atom. The van der Waals surface area contributed by atoms with Gasteiger partial charge in [0.25, 0.3) is 0 Å². The second-order valence-corrected chi connectivity index (χ2v) is 4.64. The first-order valence-corrected chi connectivity index (χ1v) is 7.07. The first kappa shape index (κ1) is 15.9. The van der Waals surface area contributed by atoms with Crippen LogP contribution in [0.4, 0.5) is 0 Å². The molecule has 1 atom stereocenters. The highest BCUT2D eigenvalue weighted by atomic mass is 16.5. The van der Waals surface area contributed by atoms with Gasteiger partial charge in [0.15, 0.2) is 0 Å². The van der Waals surface area contributed by atoms with Crippen LogP contribution in [0.25, 0.3) is 0 Å². The lowest BCUT2D eigenvalue weighted by molar-refractivity contribution is 0.0302. The van der Waals surface area contributed by atoms with Crippen LogP contribution in [0.5, 0.6) is 0 Å². The molecular weight excluding hydrogens is 200 g/mol. The fraction of sp³-hybridized carbons (Fsp3) is 1.00. The van der Waals surface area contributed by atoms with E-state index in [9.17, 15) is 5.11 Å². The molecule has 0 rings (SSSR count). The summed E-state index contributed by atoms with van der Waals surface area (Å²) in [5, 5.41) is 9.63. The van der Waals surface area contributed by atoms with E-state index in [2.05, 4.69) is 13.8 Å². The molecule has 0 aliphatic carbocycles. The van der Waals surface area contributed by atoms with E-state index in [4.69, 9.17) is 4.74 Å². The van der Waals surface area contributed by atoms with Crippen molar-refractivity contribution in [1.29, 1.82) is 0 Å². The molecule has 0 heterocycles. The molecule has 0 fully saturated rings. The van der Waals surface area contributed by atoms with Crippen molar-refractivity contribution in [3.05, 3.63) is 0 Å². The maximum absolute atomic E-state index is 9.63. The first-order chi connectivity index (χ1) is 7.81. The van der Waals surface area contributed by atoms with E-state index in [1.807, 2.05) is 0 Å². The van der Waals surface area contributed by atoms with Crippen molar-refractivity contribution < 1.29 is 9.84 Å². The summed E-state index contributed by atoms with van der Waals surface area (Å²) in [4.78, 5) is 0. The largest absolute Gasteiger partial charge is 0.391 e. The average molecular weight is 230 g/mol. The smallest absolute Gasteiger partial charge is 0.0773 e. The van der Waals surface area contributed by atoms with E-state index in [0.717, 1.165) is 32.3 Å². The summed E-state index contributed by atoms with van der Waals surface area (Å²) < 4.78 is 5.38. The predicted molar refractivity (Wildman–Crippen MR) is 69.7 cm³/mol. The third kappa shape index (κ3) is 12.0. The van der Waals surface area contributed by atoms with Gasteiger partial charge in [0, 0.05) is 6.61 Å². The van der Waals surface area contributed by atoms with Crippen LogP contribution in [0.1, 0.15) is 71.6 Å². The highest BCUT2D eigenvalue weighted by molar-refractivity contribution is 4.55. The Balaban J connectivity index is 3.08. The molecule has 0 radical (unpaired) electrons. The van der Waals surface area contributed by atoms with E-state index in [-0.39, 0.29) is 6.10 Å². The summed E-state index contributed by atoms with van der Waals surface area (Å²) in [6.07, 6.45) is 10.6. The number of aliphatic hydroxyl groups excluding tert-OH is 1. The van der Waals surface area contributed by atoms with Crippen LogP contribution in [0.3, 0.4) is 0 Å². The van der Waals surface area contributed by atoms with Crippen molar-refractivity contribution in [3.63, 3.8) is 0 Å². The molecule has 0 spiro atoms. The molecule has 16 heavy (non-hydrogen) atoms. The summed E-state index contributed by atoms with van der Waals surface area (Å²) >= 11 is 0. The lowest BCUT2D eigenvalue weighted by atomic mass is 10.1. The summed E-state index contributed by atoms with van der Waals surface area (Å²) in [6, 6.07) is 0. The average Bonchev–Trinajstić information content (AvgIpc) is 2.29. The van der Waals surface area contributed by atoms with Crippen molar-refractivity contribution >= 4 is 0 Å². The Morgan fingerprint density at radius 1 is 0.875 bits per heavy atom. The van der Waals surface area contributed by atoms with Crippen LogP contribution < -0.4 is 0 Å². The molecule has 1 unspecified atom stereocenters. The SMILES string of the molecule is CCCCCCCCC(O)COCCCC. The summed E-state index contributed by atoms with van der Waals surface area (Å²) in [5.41, 5.74) is 0. The minimum atomic E-state index is -0.247. The van der Waals surface area contributed by atoms with Gasteiger partial charge in [0.1, 0.15) is 0 Å². The molecule has 98 valence electrons. The Hall–Kier alpha value is -0.0800. The maximum atomic E-state index is 9.63. The molecular formula is C14H30O2. The molecule has 0 amide bonds. The Bertz CT molecular complexity index is 126. The lowest BCUT2D eigenvalue weighted by Crippen LogP contribution is -2.15. The van der Waals surface area contributed by atoms with Crippen LogP contribution in [0.2, 0.25) is 0 Å². The predicted octanol–water partition coefficient (Wildman–Crippen LogP) is 3.91. The number of hydrogen-bond donors (Lipinski definition) is 1. The molecule has 0 saturated carbocycles. The zero-order chi connectivity index (χ0) is 12.1. The normalized spacial score (nSPS) is 12.9. The number of ether oxygens (including phenoxy) is 1. The standard InChI is InChI=1S/C14H30O2/c1-3-5-7-8-9-10-11-14(15)13-16-12-6-4-2/h14-15H,3-13H2,1-2H3. The Kier molecular flexibility index (Phi) is 12.9. The summed E-state index contributed by atoms with van der Waals surface area (Å²) in [5.74, 6) is 0. The van der Waals surface area contributed by atoms with E-state index in [1.165, 1.54) is 32.1 Å². The van der Waals surface area contributed by atoms with Crippen molar-refractivity contribution in [2.24, 2.45) is 0 Å². The fourth-order valence-corrected chi connectivity index (χ4v) is 1.71.